The summed E-state index contributed by atoms with van der Waals surface area (Å²) in [7, 11) is 0. The highest BCUT2D eigenvalue weighted by Gasteiger charge is 2.08. The summed E-state index contributed by atoms with van der Waals surface area (Å²) in [6.07, 6.45) is 0. The van der Waals surface area contributed by atoms with Crippen LogP contribution < -0.4 is 5.73 Å². The lowest BCUT2D eigenvalue weighted by Gasteiger charge is -1.97. The molecule has 0 saturated carbocycles. The SMILES string of the molecule is Cc1nc(CN)sc1-c1cccc(F)c1. The van der Waals surface area contributed by atoms with E-state index in [0.29, 0.717) is 6.54 Å². The second kappa shape index (κ2) is 4.08. The molecular formula is C11H11FN2S. The van der Waals surface area contributed by atoms with E-state index < -0.39 is 0 Å². The Bertz CT molecular complexity index is 479. The van der Waals surface area contributed by atoms with Crippen molar-refractivity contribution in [1.82, 2.24) is 4.98 Å². The fourth-order valence-electron chi connectivity index (χ4n) is 1.44. The summed E-state index contributed by atoms with van der Waals surface area (Å²) in [5.41, 5.74) is 7.29. The number of halogens is 1. The topological polar surface area (TPSA) is 38.9 Å². The third-order valence-corrected chi connectivity index (χ3v) is 3.33. The lowest BCUT2D eigenvalue weighted by Crippen LogP contribution is -1.94. The van der Waals surface area contributed by atoms with Crippen molar-refractivity contribution >= 4 is 11.3 Å². The number of benzene rings is 1. The summed E-state index contributed by atoms with van der Waals surface area (Å²) in [5, 5.41) is 0.881. The second-order valence-electron chi connectivity index (χ2n) is 3.24. The van der Waals surface area contributed by atoms with E-state index in [2.05, 4.69) is 4.98 Å². The largest absolute Gasteiger partial charge is 0.325 e. The van der Waals surface area contributed by atoms with Gasteiger partial charge in [0.2, 0.25) is 0 Å². The van der Waals surface area contributed by atoms with Crippen LogP contribution in [0.5, 0.6) is 0 Å². The Morgan fingerprint density at radius 3 is 2.87 bits per heavy atom. The Hall–Kier alpha value is -1.26. The molecule has 2 nitrogen and oxygen atoms in total. The summed E-state index contributed by atoms with van der Waals surface area (Å²) in [5.74, 6) is -0.227. The summed E-state index contributed by atoms with van der Waals surface area (Å²) in [4.78, 5) is 5.30. The maximum atomic E-state index is 13.0. The second-order valence-corrected chi connectivity index (χ2v) is 4.32. The Morgan fingerprint density at radius 2 is 2.27 bits per heavy atom. The van der Waals surface area contributed by atoms with Gasteiger partial charge in [0.05, 0.1) is 10.6 Å². The molecule has 0 unspecified atom stereocenters. The van der Waals surface area contributed by atoms with Crippen LogP contribution in [-0.2, 0) is 6.54 Å². The first-order valence-corrected chi connectivity index (χ1v) is 5.44. The number of nitrogens with zero attached hydrogens (tertiary/aromatic N) is 1. The van der Waals surface area contributed by atoms with Gasteiger partial charge in [-0.15, -0.1) is 11.3 Å². The molecule has 0 spiro atoms. The number of thiazole rings is 1. The quantitative estimate of drug-likeness (QED) is 0.848. The molecule has 15 heavy (non-hydrogen) atoms. The molecule has 1 aromatic heterocycles. The van der Waals surface area contributed by atoms with Gasteiger partial charge in [0.1, 0.15) is 10.8 Å². The average Bonchev–Trinajstić information content (AvgIpc) is 2.60. The summed E-state index contributed by atoms with van der Waals surface area (Å²) in [6, 6.07) is 6.53. The molecule has 0 fully saturated rings. The maximum Gasteiger partial charge on any atom is 0.123 e. The highest BCUT2D eigenvalue weighted by Crippen LogP contribution is 2.29. The fourth-order valence-corrected chi connectivity index (χ4v) is 2.38. The molecule has 0 radical (unpaired) electrons. The minimum Gasteiger partial charge on any atom is -0.325 e. The summed E-state index contributed by atoms with van der Waals surface area (Å²) in [6.45, 7) is 2.34. The summed E-state index contributed by atoms with van der Waals surface area (Å²) >= 11 is 1.52. The number of aromatic nitrogens is 1. The smallest absolute Gasteiger partial charge is 0.123 e. The molecule has 0 bridgehead atoms. The molecule has 0 atom stereocenters. The molecule has 4 heteroatoms. The van der Waals surface area contributed by atoms with Crippen molar-refractivity contribution in [2.24, 2.45) is 5.73 Å². The lowest BCUT2D eigenvalue weighted by molar-refractivity contribution is 0.628. The van der Waals surface area contributed by atoms with Crippen LogP contribution in [0, 0.1) is 12.7 Å². The Balaban J connectivity index is 2.48. The zero-order valence-corrected chi connectivity index (χ0v) is 9.14. The van der Waals surface area contributed by atoms with Gasteiger partial charge in [-0.05, 0) is 24.6 Å². The zero-order chi connectivity index (χ0) is 10.8. The first-order chi connectivity index (χ1) is 7.20. The van der Waals surface area contributed by atoms with Crippen molar-refractivity contribution in [3.8, 4) is 10.4 Å². The molecule has 1 aromatic carbocycles. The highest BCUT2D eigenvalue weighted by molar-refractivity contribution is 7.15. The molecule has 2 aromatic rings. The van der Waals surface area contributed by atoms with Crippen LogP contribution in [0.3, 0.4) is 0 Å². The standard InChI is InChI=1S/C11H11FN2S/c1-7-11(15-10(6-13)14-7)8-3-2-4-9(12)5-8/h2-5H,6,13H2,1H3. The molecule has 0 aliphatic rings. The van der Waals surface area contributed by atoms with Crippen molar-refractivity contribution in [2.45, 2.75) is 13.5 Å². The van der Waals surface area contributed by atoms with Crippen molar-refractivity contribution in [1.29, 1.82) is 0 Å². The average molecular weight is 222 g/mol. The van der Waals surface area contributed by atoms with Crippen molar-refractivity contribution in [3.63, 3.8) is 0 Å². The van der Waals surface area contributed by atoms with E-state index in [1.807, 2.05) is 13.0 Å². The maximum absolute atomic E-state index is 13.0. The molecular weight excluding hydrogens is 211 g/mol. The van der Waals surface area contributed by atoms with Gasteiger partial charge in [0.15, 0.2) is 0 Å². The van der Waals surface area contributed by atoms with E-state index in [0.717, 1.165) is 21.1 Å². The van der Waals surface area contributed by atoms with Gasteiger partial charge in [-0.2, -0.15) is 0 Å². The van der Waals surface area contributed by atoms with Gasteiger partial charge >= 0.3 is 0 Å². The van der Waals surface area contributed by atoms with Crippen LogP contribution in [0.2, 0.25) is 0 Å². The minimum absolute atomic E-state index is 0.227. The van der Waals surface area contributed by atoms with Gasteiger partial charge in [-0.25, -0.2) is 9.37 Å². The number of aryl methyl sites for hydroxylation is 1. The monoisotopic (exact) mass is 222 g/mol. The number of hydrogen-bond acceptors (Lipinski definition) is 3. The molecule has 2 N–H and O–H groups in total. The summed E-state index contributed by atoms with van der Waals surface area (Å²) < 4.78 is 13.0. The Morgan fingerprint density at radius 1 is 1.47 bits per heavy atom. The third kappa shape index (κ3) is 2.06. The zero-order valence-electron chi connectivity index (χ0n) is 8.33. The van der Waals surface area contributed by atoms with E-state index in [-0.39, 0.29) is 5.82 Å². The van der Waals surface area contributed by atoms with Crippen LogP contribution in [0.25, 0.3) is 10.4 Å². The van der Waals surface area contributed by atoms with Crippen LogP contribution in [-0.4, -0.2) is 4.98 Å². The number of nitrogens with two attached hydrogens (primary N) is 1. The molecule has 1 heterocycles. The van der Waals surface area contributed by atoms with Gasteiger partial charge in [-0.1, -0.05) is 12.1 Å². The predicted octanol–water partition coefficient (Wildman–Crippen LogP) is 2.72. The first-order valence-electron chi connectivity index (χ1n) is 4.63. The van der Waals surface area contributed by atoms with E-state index in [4.69, 9.17) is 5.73 Å². The van der Waals surface area contributed by atoms with E-state index in [9.17, 15) is 4.39 Å². The van der Waals surface area contributed by atoms with Gasteiger partial charge in [-0.3, -0.25) is 0 Å². The van der Waals surface area contributed by atoms with Crippen LogP contribution in [0.1, 0.15) is 10.7 Å². The van der Waals surface area contributed by atoms with Gasteiger partial charge in [0.25, 0.3) is 0 Å². The third-order valence-electron chi connectivity index (χ3n) is 2.10. The van der Waals surface area contributed by atoms with Crippen molar-refractivity contribution in [2.75, 3.05) is 0 Å². The Kier molecular flexibility index (Phi) is 2.79. The Labute approximate surface area is 91.6 Å². The lowest BCUT2D eigenvalue weighted by atomic mass is 10.1. The predicted molar refractivity (Wildman–Crippen MR) is 60.1 cm³/mol. The molecule has 2 rings (SSSR count). The number of rotatable bonds is 2. The number of hydrogen-bond donors (Lipinski definition) is 1. The van der Waals surface area contributed by atoms with Crippen LogP contribution >= 0.6 is 11.3 Å². The van der Waals surface area contributed by atoms with E-state index in [1.165, 1.54) is 23.5 Å². The van der Waals surface area contributed by atoms with Gasteiger partial charge < -0.3 is 5.73 Å². The molecule has 0 aliphatic heterocycles. The van der Waals surface area contributed by atoms with Crippen LogP contribution in [0.4, 0.5) is 4.39 Å². The van der Waals surface area contributed by atoms with Crippen molar-refractivity contribution in [3.05, 3.63) is 40.8 Å². The first kappa shape index (κ1) is 10.3. The molecule has 0 amide bonds. The molecule has 0 aliphatic carbocycles. The van der Waals surface area contributed by atoms with E-state index >= 15 is 0 Å². The minimum atomic E-state index is -0.227. The van der Waals surface area contributed by atoms with Crippen molar-refractivity contribution < 1.29 is 4.39 Å². The fraction of sp³-hybridized carbons (Fsp3) is 0.182. The van der Waals surface area contributed by atoms with Gasteiger partial charge in [0, 0.05) is 6.54 Å². The molecule has 78 valence electrons. The van der Waals surface area contributed by atoms with Crippen LogP contribution in [0.15, 0.2) is 24.3 Å². The molecule has 0 saturated heterocycles. The highest BCUT2D eigenvalue weighted by atomic mass is 32.1. The normalized spacial score (nSPS) is 10.6. The van der Waals surface area contributed by atoms with E-state index in [1.54, 1.807) is 6.07 Å².